The predicted molar refractivity (Wildman–Crippen MR) is 53.6 cm³/mol. The Labute approximate surface area is 87.2 Å². The summed E-state index contributed by atoms with van der Waals surface area (Å²) in [5.41, 5.74) is 0. The minimum absolute atomic E-state index is 0.0856. The van der Waals surface area contributed by atoms with Crippen molar-refractivity contribution >= 4 is 0 Å². The van der Waals surface area contributed by atoms with E-state index in [4.69, 9.17) is 11.2 Å². The molecule has 0 aliphatic rings. The normalized spacial score (nSPS) is 9.67. The summed E-state index contributed by atoms with van der Waals surface area (Å²) in [5.74, 6) is 0.424. The van der Waals surface area contributed by atoms with E-state index in [1.165, 1.54) is 12.1 Å². The van der Waals surface area contributed by atoms with Gasteiger partial charge in [-0.05, 0) is 12.1 Å². The van der Waals surface area contributed by atoms with Gasteiger partial charge < -0.3 is 10.1 Å². The number of halogens is 2. The zero-order chi connectivity index (χ0) is 11.1. The smallest absolute Gasteiger partial charge is 0.200 e. The van der Waals surface area contributed by atoms with Crippen molar-refractivity contribution in [3.63, 3.8) is 0 Å². The van der Waals surface area contributed by atoms with Gasteiger partial charge in [0.1, 0.15) is 6.61 Å². The summed E-state index contributed by atoms with van der Waals surface area (Å²) in [4.78, 5) is 0. The first-order valence-corrected chi connectivity index (χ1v) is 4.46. The standard InChI is InChI=1S/C11H11F2NO/c1-2-6-14-7-8-15-10-5-3-4-9(12)11(10)13/h1,3-5,14H,6-8H2. The average molecular weight is 211 g/mol. The number of hydrogen-bond donors (Lipinski definition) is 1. The number of nitrogens with one attached hydrogen (secondary N) is 1. The van der Waals surface area contributed by atoms with E-state index in [1.807, 2.05) is 0 Å². The van der Waals surface area contributed by atoms with Gasteiger partial charge >= 0.3 is 0 Å². The highest BCUT2D eigenvalue weighted by Crippen LogP contribution is 2.18. The van der Waals surface area contributed by atoms with Crippen molar-refractivity contribution in [2.45, 2.75) is 0 Å². The van der Waals surface area contributed by atoms with Crippen LogP contribution < -0.4 is 10.1 Å². The molecule has 0 aromatic heterocycles. The molecule has 0 bridgehead atoms. The lowest BCUT2D eigenvalue weighted by Crippen LogP contribution is -2.21. The van der Waals surface area contributed by atoms with Crippen LogP contribution in [0.15, 0.2) is 18.2 Å². The van der Waals surface area contributed by atoms with Crippen molar-refractivity contribution < 1.29 is 13.5 Å². The number of hydrogen-bond acceptors (Lipinski definition) is 2. The maximum absolute atomic E-state index is 13.0. The van der Waals surface area contributed by atoms with Crippen molar-refractivity contribution in [2.75, 3.05) is 19.7 Å². The number of rotatable bonds is 5. The zero-order valence-corrected chi connectivity index (χ0v) is 8.09. The third-order valence-electron chi connectivity index (χ3n) is 1.68. The SMILES string of the molecule is C#CCNCCOc1cccc(F)c1F. The second-order valence-corrected chi connectivity index (χ2v) is 2.78. The Kier molecular flexibility index (Phi) is 4.58. The van der Waals surface area contributed by atoms with Crippen molar-refractivity contribution in [1.82, 2.24) is 5.32 Å². The molecule has 4 heteroatoms. The third-order valence-corrected chi connectivity index (χ3v) is 1.68. The molecule has 2 nitrogen and oxygen atoms in total. The van der Waals surface area contributed by atoms with Gasteiger partial charge in [0, 0.05) is 6.54 Å². The summed E-state index contributed by atoms with van der Waals surface area (Å²) in [6.45, 7) is 1.15. The van der Waals surface area contributed by atoms with Gasteiger partial charge in [-0.2, -0.15) is 4.39 Å². The molecule has 0 aliphatic carbocycles. The van der Waals surface area contributed by atoms with E-state index in [0.717, 1.165) is 6.07 Å². The molecule has 80 valence electrons. The fraction of sp³-hybridized carbons (Fsp3) is 0.273. The van der Waals surface area contributed by atoms with Crippen molar-refractivity contribution in [3.05, 3.63) is 29.8 Å². The minimum atomic E-state index is -0.963. The quantitative estimate of drug-likeness (QED) is 0.589. The van der Waals surface area contributed by atoms with Crippen molar-refractivity contribution in [3.8, 4) is 18.1 Å². The Morgan fingerprint density at radius 3 is 2.93 bits per heavy atom. The van der Waals surface area contributed by atoms with Gasteiger partial charge in [0.15, 0.2) is 11.6 Å². The van der Waals surface area contributed by atoms with Crippen LogP contribution in [0, 0.1) is 24.0 Å². The Balaban J connectivity index is 2.38. The van der Waals surface area contributed by atoms with Crippen molar-refractivity contribution in [2.24, 2.45) is 0 Å². The van der Waals surface area contributed by atoms with Crippen LogP contribution in [0.4, 0.5) is 8.78 Å². The summed E-state index contributed by atoms with van der Waals surface area (Å²) in [6, 6.07) is 3.81. The van der Waals surface area contributed by atoms with E-state index in [0.29, 0.717) is 13.1 Å². The van der Waals surface area contributed by atoms with Gasteiger partial charge in [0.2, 0.25) is 5.82 Å². The van der Waals surface area contributed by atoms with E-state index >= 15 is 0 Å². The molecule has 0 radical (unpaired) electrons. The zero-order valence-electron chi connectivity index (χ0n) is 8.09. The Morgan fingerprint density at radius 2 is 2.20 bits per heavy atom. The van der Waals surface area contributed by atoms with E-state index in [-0.39, 0.29) is 12.4 Å². The number of terminal acetylenes is 1. The third kappa shape index (κ3) is 3.56. The lowest BCUT2D eigenvalue weighted by Gasteiger charge is -2.07. The molecule has 0 unspecified atom stereocenters. The lowest BCUT2D eigenvalue weighted by molar-refractivity contribution is 0.295. The lowest BCUT2D eigenvalue weighted by atomic mass is 10.3. The summed E-state index contributed by atoms with van der Waals surface area (Å²) >= 11 is 0. The van der Waals surface area contributed by atoms with Gasteiger partial charge in [-0.25, -0.2) is 4.39 Å². The summed E-state index contributed by atoms with van der Waals surface area (Å²) < 4.78 is 30.8. The minimum Gasteiger partial charge on any atom is -0.489 e. The molecule has 1 aromatic rings. The van der Waals surface area contributed by atoms with E-state index in [2.05, 4.69) is 11.2 Å². The van der Waals surface area contributed by atoms with Gasteiger partial charge in [0.25, 0.3) is 0 Å². The van der Waals surface area contributed by atoms with Crippen LogP contribution in [0.3, 0.4) is 0 Å². The highest BCUT2D eigenvalue weighted by molar-refractivity contribution is 5.24. The first kappa shape index (κ1) is 11.5. The average Bonchev–Trinajstić information content (AvgIpc) is 2.24. The summed E-state index contributed by atoms with van der Waals surface area (Å²) in [5, 5.41) is 2.86. The molecular formula is C11H11F2NO. The molecule has 0 fully saturated rings. The van der Waals surface area contributed by atoms with Crippen LogP contribution in [-0.2, 0) is 0 Å². The first-order chi connectivity index (χ1) is 7.25. The van der Waals surface area contributed by atoms with Crippen LogP contribution in [-0.4, -0.2) is 19.7 Å². The molecule has 0 saturated carbocycles. The molecule has 15 heavy (non-hydrogen) atoms. The van der Waals surface area contributed by atoms with Crippen LogP contribution in [0.1, 0.15) is 0 Å². The summed E-state index contributed by atoms with van der Waals surface area (Å²) in [6.07, 6.45) is 5.00. The molecule has 0 spiro atoms. The van der Waals surface area contributed by atoms with Crippen molar-refractivity contribution in [1.29, 1.82) is 0 Å². The van der Waals surface area contributed by atoms with Gasteiger partial charge in [-0.15, -0.1) is 6.42 Å². The van der Waals surface area contributed by atoms with Crippen LogP contribution >= 0.6 is 0 Å². The number of benzene rings is 1. The van der Waals surface area contributed by atoms with Gasteiger partial charge in [-0.1, -0.05) is 12.0 Å². The fourth-order valence-corrected chi connectivity index (χ4v) is 0.989. The Bertz CT molecular complexity index is 360. The highest BCUT2D eigenvalue weighted by Gasteiger charge is 2.07. The topological polar surface area (TPSA) is 21.3 Å². The number of ether oxygens (including phenoxy) is 1. The molecule has 1 N–H and O–H groups in total. The van der Waals surface area contributed by atoms with Gasteiger partial charge in [0.05, 0.1) is 6.54 Å². The second kappa shape index (κ2) is 5.99. The molecular weight excluding hydrogens is 200 g/mol. The highest BCUT2D eigenvalue weighted by atomic mass is 19.2. The molecule has 1 rings (SSSR count). The van der Waals surface area contributed by atoms with E-state index in [9.17, 15) is 8.78 Å². The molecule has 0 heterocycles. The molecule has 0 atom stereocenters. The van der Waals surface area contributed by atoms with Crippen LogP contribution in [0.25, 0.3) is 0 Å². The first-order valence-electron chi connectivity index (χ1n) is 4.46. The Morgan fingerprint density at radius 1 is 1.40 bits per heavy atom. The summed E-state index contributed by atoms with van der Waals surface area (Å²) in [7, 11) is 0. The Hall–Kier alpha value is -1.60. The maximum Gasteiger partial charge on any atom is 0.200 e. The van der Waals surface area contributed by atoms with E-state index < -0.39 is 11.6 Å². The van der Waals surface area contributed by atoms with E-state index in [1.54, 1.807) is 0 Å². The van der Waals surface area contributed by atoms with Gasteiger partial charge in [-0.3, -0.25) is 0 Å². The monoisotopic (exact) mass is 211 g/mol. The molecule has 0 amide bonds. The van der Waals surface area contributed by atoms with Crippen LogP contribution in [0.2, 0.25) is 0 Å². The largest absolute Gasteiger partial charge is 0.489 e. The van der Waals surface area contributed by atoms with Crippen LogP contribution in [0.5, 0.6) is 5.75 Å². The molecule has 0 aliphatic heterocycles. The molecule has 0 saturated heterocycles. The molecule has 1 aromatic carbocycles. The predicted octanol–water partition coefficient (Wildman–Crippen LogP) is 1.57. The second-order valence-electron chi connectivity index (χ2n) is 2.78. The maximum atomic E-state index is 13.0. The fourth-order valence-electron chi connectivity index (χ4n) is 0.989.